The summed E-state index contributed by atoms with van der Waals surface area (Å²) in [4.78, 5) is 15.6. The van der Waals surface area contributed by atoms with Crippen LogP contribution in [-0.4, -0.2) is 48.6 Å². The number of carbonyl (C=O) groups is 1. The van der Waals surface area contributed by atoms with Crippen molar-refractivity contribution in [3.63, 3.8) is 0 Å². The number of carbonyl (C=O) groups excluding carboxylic acids is 1. The summed E-state index contributed by atoms with van der Waals surface area (Å²) in [5.74, 6) is -0.388. The van der Waals surface area contributed by atoms with E-state index in [9.17, 15) is 22.9 Å². The van der Waals surface area contributed by atoms with Crippen LogP contribution in [0.2, 0.25) is 0 Å². The minimum absolute atomic E-state index is 0.0574. The first-order chi connectivity index (χ1) is 19.2. The second kappa shape index (κ2) is 10.2. The first kappa shape index (κ1) is 26.7. The van der Waals surface area contributed by atoms with E-state index >= 15 is 0 Å². The van der Waals surface area contributed by atoms with E-state index < -0.39 is 15.3 Å². The number of benzene rings is 2. The largest absolute Gasteiger partial charge is 0.369 e. The predicted octanol–water partition coefficient (Wildman–Crippen LogP) is 5.45. The molecule has 2 heterocycles. The van der Waals surface area contributed by atoms with Crippen molar-refractivity contribution in [1.29, 1.82) is 5.26 Å². The summed E-state index contributed by atoms with van der Waals surface area (Å²) in [7, 11) is -3.05. The van der Waals surface area contributed by atoms with E-state index in [2.05, 4.69) is 11.0 Å². The van der Waals surface area contributed by atoms with Gasteiger partial charge >= 0.3 is 0 Å². The molecular weight excluding hydrogens is 527 g/mol. The van der Waals surface area contributed by atoms with E-state index in [0.717, 1.165) is 66.7 Å². The average molecular weight is 561 g/mol. The van der Waals surface area contributed by atoms with E-state index in [1.54, 1.807) is 16.8 Å². The quantitative estimate of drug-likeness (QED) is 0.364. The van der Waals surface area contributed by atoms with Crippen molar-refractivity contribution in [2.75, 3.05) is 24.2 Å². The zero-order valence-corrected chi connectivity index (χ0v) is 23.4. The Morgan fingerprint density at radius 3 is 2.33 bits per heavy atom. The van der Waals surface area contributed by atoms with Crippen LogP contribution in [0.15, 0.2) is 54.7 Å². The molecule has 0 bridgehead atoms. The summed E-state index contributed by atoms with van der Waals surface area (Å²) in [6.07, 6.45) is 8.79. The maximum atomic E-state index is 13.7. The molecule has 40 heavy (non-hydrogen) atoms. The third-order valence-electron chi connectivity index (χ3n) is 8.97. The van der Waals surface area contributed by atoms with Gasteiger partial charge in [-0.05, 0) is 67.6 Å². The van der Waals surface area contributed by atoms with Gasteiger partial charge in [-0.3, -0.25) is 4.79 Å². The Bertz CT molecular complexity index is 1560. The number of halogens is 1. The van der Waals surface area contributed by atoms with Crippen LogP contribution in [0.25, 0.3) is 16.8 Å². The van der Waals surface area contributed by atoms with Gasteiger partial charge in [-0.15, -0.1) is 0 Å². The molecule has 0 N–H and O–H groups in total. The van der Waals surface area contributed by atoms with Crippen molar-refractivity contribution in [3.05, 3.63) is 66.2 Å². The normalized spacial score (nSPS) is 22.4. The number of nitrogens with zero attached hydrogens (tertiary/aromatic N) is 4. The fourth-order valence-electron chi connectivity index (χ4n) is 6.17. The lowest BCUT2D eigenvalue weighted by Crippen LogP contribution is -2.54. The number of rotatable bonds is 8. The van der Waals surface area contributed by atoms with E-state index in [-0.39, 0.29) is 28.7 Å². The Labute approximate surface area is 234 Å². The van der Waals surface area contributed by atoms with Crippen LogP contribution < -0.4 is 4.90 Å². The molecule has 7 nitrogen and oxygen atoms in total. The lowest BCUT2D eigenvalue weighted by Gasteiger charge is -2.39. The van der Waals surface area contributed by atoms with Gasteiger partial charge in [0.15, 0.2) is 9.84 Å². The zero-order chi connectivity index (χ0) is 28.1. The molecule has 0 unspecified atom stereocenters. The van der Waals surface area contributed by atoms with E-state index in [1.165, 1.54) is 18.4 Å². The summed E-state index contributed by atoms with van der Waals surface area (Å²) in [6, 6.07) is 16.6. The number of hydrogen-bond acceptors (Lipinski definition) is 6. The Morgan fingerprint density at radius 1 is 1.05 bits per heavy atom. The second-order valence-electron chi connectivity index (χ2n) is 11.8. The van der Waals surface area contributed by atoms with Crippen molar-refractivity contribution >= 4 is 21.3 Å². The average Bonchev–Trinajstić information content (AvgIpc) is 3.54. The Hall–Kier alpha value is -3.51. The van der Waals surface area contributed by atoms with Crippen LogP contribution in [0, 0.1) is 28.5 Å². The highest BCUT2D eigenvalue weighted by Crippen LogP contribution is 2.51. The van der Waals surface area contributed by atoms with Crippen molar-refractivity contribution < 1.29 is 17.6 Å². The third kappa shape index (κ3) is 5.17. The maximum absolute atomic E-state index is 13.7. The molecule has 6 rings (SSSR count). The third-order valence-corrected chi connectivity index (χ3v) is 10.5. The molecular formula is C31H33FN4O3S. The summed E-state index contributed by atoms with van der Waals surface area (Å²) in [5.41, 5.74) is 3.97. The monoisotopic (exact) mass is 560 g/mol. The highest BCUT2D eigenvalue weighted by Gasteiger charge is 2.47. The van der Waals surface area contributed by atoms with Gasteiger partial charge in [0.1, 0.15) is 11.6 Å². The molecule has 1 saturated heterocycles. The molecule has 3 aliphatic rings. The van der Waals surface area contributed by atoms with E-state index in [0.29, 0.717) is 19.5 Å². The summed E-state index contributed by atoms with van der Waals surface area (Å²) < 4.78 is 39.1. The smallest absolute Gasteiger partial charge is 0.153 e. The Morgan fingerprint density at radius 2 is 1.70 bits per heavy atom. The SMILES string of the molecule is CS(=O)(=O)C1CN(c2ccc(-c3cn(-c4ccc(F)cc4)nc3[C@@H]3CCCC[C@H]3C(=O)CC3(C#N)CC3)cc2)C1. The van der Waals surface area contributed by atoms with Crippen LogP contribution in [0.3, 0.4) is 0 Å². The molecule has 2 aromatic carbocycles. The number of ketones is 1. The lowest BCUT2D eigenvalue weighted by atomic mass is 9.72. The van der Waals surface area contributed by atoms with Gasteiger partial charge in [-0.25, -0.2) is 17.5 Å². The van der Waals surface area contributed by atoms with Crippen LogP contribution >= 0.6 is 0 Å². The molecule has 2 atom stereocenters. The molecule has 2 saturated carbocycles. The summed E-state index contributed by atoms with van der Waals surface area (Å²) in [6.45, 7) is 0.976. The molecule has 1 aliphatic heterocycles. The molecule has 208 valence electrons. The summed E-state index contributed by atoms with van der Waals surface area (Å²) >= 11 is 0. The number of aromatic nitrogens is 2. The van der Waals surface area contributed by atoms with Gasteiger partial charge in [-0.1, -0.05) is 25.0 Å². The van der Waals surface area contributed by atoms with Gasteiger partial charge in [0, 0.05) is 55.0 Å². The number of nitriles is 1. The predicted molar refractivity (Wildman–Crippen MR) is 151 cm³/mol. The molecule has 0 spiro atoms. The van der Waals surface area contributed by atoms with E-state index in [4.69, 9.17) is 5.10 Å². The fraction of sp³-hybridized carbons (Fsp3) is 0.452. The molecule has 0 amide bonds. The fourth-order valence-corrected chi connectivity index (χ4v) is 7.07. The van der Waals surface area contributed by atoms with E-state index in [1.807, 2.05) is 30.5 Å². The van der Waals surface area contributed by atoms with Gasteiger partial charge in [0.2, 0.25) is 0 Å². The van der Waals surface area contributed by atoms with Crippen molar-refractivity contribution in [3.8, 4) is 22.9 Å². The van der Waals surface area contributed by atoms with Crippen molar-refractivity contribution in [2.24, 2.45) is 11.3 Å². The first-order valence-corrected chi connectivity index (χ1v) is 15.9. The summed E-state index contributed by atoms with van der Waals surface area (Å²) in [5, 5.41) is 14.3. The highest BCUT2D eigenvalue weighted by atomic mass is 32.2. The standard InChI is InChI=1S/C31H33FN4O3S/c1-40(38,39)25-17-35(18-25)23-10-6-21(7-11-23)28-19-36(24-12-8-22(32)9-13-24)34-30(28)27-5-3-2-4-26(27)29(37)16-31(20-33)14-15-31/h6-13,19,25-27H,2-5,14-18H2,1H3/t26-,27-/m1/s1. The lowest BCUT2D eigenvalue weighted by molar-refractivity contribution is -0.125. The van der Waals surface area contributed by atoms with Crippen LogP contribution in [0.4, 0.5) is 10.1 Å². The van der Waals surface area contributed by atoms with Gasteiger partial charge < -0.3 is 4.90 Å². The van der Waals surface area contributed by atoms with Gasteiger partial charge in [0.05, 0.1) is 28.1 Å². The van der Waals surface area contributed by atoms with Crippen molar-refractivity contribution in [1.82, 2.24) is 9.78 Å². The molecule has 3 fully saturated rings. The second-order valence-corrected chi connectivity index (χ2v) is 14.1. The minimum atomic E-state index is -3.05. The highest BCUT2D eigenvalue weighted by molar-refractivity contribution is 7.91. The number of Topliss-reactive ketones (excluding diaryl/α,β-unsaturated/α-hetero) is 1. The number of sulfone groups is 1. The molecule has 9 heteroatoms. The zero-order valence-electron chi connectivity index (χ0n) is 22.6. The van der Waals surface area contributed by atoms with Crippen LogP contribution in [0.5, 0.6) is 0 Å². The topological polar surface area (TPSA) is 96.1 Å². The molecule has 1 aromatic heterocycles. The molecule has 3 aromatic rings. The van der Waals surface area contributed by atoms with Gasteiger partial charge in [0.25, 0.3) is 0 Å². The van der Waals surface area contributed by atoms with Crippen LogP contribution in [-0.2, 0) is 14.6 Å². The maximum Gasteiger partial charge on any atom is 0.153 e. The minimum Gasteiger partial charge on any atom is -0.369 e. The molecule has 0 radical (unpaired) electrons. The number of anilines is 1. The van der Waals surface area contributed by atoms with Crippen LogP contribution in [0.1, 0.15) is 56.6 Å². The van der Waals surface area contributed by atoms with Gasteiger partial charge in [-0.2, -0.15) is 10.4 Å². The number of hydrogen-bond donors (Lipinski definition) is 0. The van der Waals surface area contributed by atoms with Crippen molar-refractivity contribution in [2.45, 2.75) is 56.1 Å². The first-order valence-electron chi connectivity index (χ1n) is 14.0. The molecule has 2 aliphatic carbocycles. The Kier molecular flexibility index (Phi) is 6.78. The Balaban J connectivity index is 1.33.